The fourth-order valence-electron chi connectivity index (χ4n) is 5.92. The van der Waals surface area contributed by atoms with Gasteiger partial charge in [0.15, 0.2) is 0 Å². The number of piperazine rings is 1. The van der Waals surface area contributed by atoms with Crippen molar-refractivity contribution in [3.63, 3.8) is 0 Å². The van der Waals surface area contributed by atoms with Crippen LogP contribution in [-0.4, -0.2) is 76.1 Å². The predicted octanol–water partition coefficient (Wildman–Crippen LogP) is 3.34. The van der Waals surface area contributed by atoms with E-state index in [-0.39, 0.29) is 42.5 Å². The number of methoxy groups -OCH3 is 1. The Hall–Kier alpha value is -1.61. The van der Waals surface area contributed by atoms with E-state index in [1.165, 1.54) is 6.42 Å². The molecule has 1 saturated carbocycles. The first-order chi connectivity index (χ1) is 16.5. The Labute approximate surface area is 227 Å². The molecule has 8 nitrogen and oxygen atoms in total. The van der Waals surface area contributed by atoms with Crippen LogP contribution in [0.1, 0.15) is 70.3 Å². The van der Waals surface area contributed by atoms with Crippen LogP contribution in [0, 0.1) is 5.92 Å². The topological polar surface area (TPSA) is 95.0 Å². The third-order valence-electron chi connectivity index (χ3n) is 8.06. The number of nitrogens with one attached hydrogen (secondary N) is 1. The predicted molar refractivity (Wildman–Crippen MR) is 144 cm³/mol. The van der Waals surface area contributed by atoms with Crippen LogP contribution in [-0.2, 0) is 16.1 Å². The van der Waals surface area contributed by atoms with Crippen molar-refractivity contribution in [3.05, 3.63) is 23.9 Å². The number of ether oxygens (including phenoxy) is 1. The van der Waals surface area contributed by atoms with Crippen LogP contribution in [0.15, 0.2) is 18.3 Å². The third kappa shape index (κ3) is 6.44. The van der Waals surface area contributed by atoms with Crippen LogP contribution < -0.4 is 10.1 Å². The van der Waals surface area contributed by atoms with E-state index in [1.54, 1.807) is 7.11 Å². The first-order valence-electron chi connectivity index (χ1n) is 13.0. The van der Waals surface area contributed by atoms with Gasteiger partial charge in [0, 0.05) is 38.4 Å². The number of unbranched alkanes of at least 4 members (excludes halogenated alkanes) is 1. The third-order valence-corrected chi connectivity index (χ3v) is 8.06. The largest absolute Gasteiger partial charge is 0.481 e. The average Bonchev–Trinajstić information content (AvgIpc) is 2.88. The fraction of sp³-hybridized carbons (Fsp3) is 0.731. The Bertz CT molecular complexity index is 843. The van der Waals surface area contributed by atoms with Crippen LogP contribution in [0.4, 0.5) is 0 Å². The van der Waals surface area contributed by atoms with Gasteiger partial charge in [0.1, 0.15) is 11.6 Å². The van der Waals surface area contributed by atoms with Crippen molar-refractivity contribution >= 4 is 36.6 Å². The zero-order chi connectivity index (χ0) is 24.1. The summed E-state index contributed by atoms with van der Waals surface area (Å²) in [6.45, 7) is 4.87. The molecule has 0 aromatic carbocycles. The average molecular weight is 546 g/mol. The summed E-state index contributed by atoms with van der Waals surface area (Å²) in [6, 6.07) is 3.05. The highest BCUT2D eigenvalue weighted by Crippen LogP contribution is 2.36. The number of halogens is 2. The Kier molecular flexibility index (Phi) is 11.7. The normalized spacial score (nSPS) is 23.4. The summed E-state index contributed by atoms with van der Waals surface area (Å²) in [6.07, 6.45) is 9.23. The monoisotopic (exact) mass is 544 g/mol. The SMILES string of the molecule is CCCCN1C(=O)[C@@H]([C@H](O)C2CCCCC2)NC(=O)C12CCN(Cc1ccc(OC)nc1)CC2.Cl.Cl. The Morgan fingerprint density at radius 3 is 2.44 bits per heavy atom. The molecule has 2 saturated heterocycles. The molecule has 1 aromatic rings. The van der Waals surface area contributed by atoms with Gasteiger partial charge in [-0.05, 0) is 43.6 Å². The molecule has 3 aliphatic rings. The molecule has 0 unspecified atom stereocenters. The Morgan fingerprint density at radius 1 is 1.17 bits per heavy atom. The van der Waals surface area contributed by atoms with E-state index >= 15 is 0 Å². The van der Waals surface area contributed by atoms with Gasteiger partial charge in [-0.25, -0.2) is 4.98 Å². The van der Waals surface area contributed by atoms with Crippen LogP contribution in [0.2, 0.25) is 0 Å². The van der Waals surface area contributed by atoms with Crippen molar-refractivity contribution in [1.82, 2.24) is 20.1 Å². The summed E-state index contributed by atoms with van der Waals surface area (Å²) in [7, 11) is 1.60. The minimum Gasteiger partial charge on any atom is -0.481 e. The molecular formula is C26H42Cl2N4O4. The summed E-state index contributed by atoms with van der Waals surface area (Å²) < 4.78 is 5.14. The minimum absolute atomic E-state index is 0. The molecule has 2 N–H and O–H groups in total. The first-order valence-corrected chi connectivity index (χ1v) is 13.0. The lowest BCUT2D eigenvalue weighted by Crippen LogP contribution is -2.75. The zero-order valence-electron chi connectivity index (χ0n) is 21.5. The second kappa shape index (κ2) is 13.8. The number of hydrogen-bond acceptors (Lipinski definition) is 6. The standard InChI is InChI=1S/C26H40N4O4.2ClH/c1-3-4-14-30-24(32)22(23(31)20-8-6-5-7-9-20)28-25(33)26(30)12-15-29(16-13-26)18-19-10-11-21(34-2)27-17-19;;/h10-11,17,20,22-23,31H,3-9,12-16,18H2,1-2H3,(H,28,33);2*1H/t22-,23-;;/m1../s1. The number of carbonyl (C=O) groups is 2. The second-order valence-corrected chi connectivity index (χ2v) is 10.2. The molecule has 0 bridgehead atoms. The maximum absolute atomic E-state index is 13.7. The van der Waals surface area contributed by atoms with Crippen molar-refractivity contribution in [2.45, 2.75) is 88.9 Å². The molecule has 204 valence electrons. The number of rotatable bonds is 8. The lowest BCUT2D eigenvalue weighted by atomic mass is 9.78. The molecule has 1 aliphatic carbocycles. The zero-order valence-corrected chi connectivity index (χ0v) is 23.1. The molecule has 4 rings (SSSR count). The van der Waals surface area contributed by atoms with E-state index in [2.05, 4.69) is 22.1 Å². The molecule has 3 heterocycles. The van der Waals surface area contributed by atoms with E-state index in [0.717, 1.165) is 63.7 Å². The molecule has 1 aromatic heterocycles. The Morgan fingerprint density at radius 2 is 1.86 bits per heavy atom. The van der Waals surface area contributed by atoms with Crippen molar-refractivity contribution in [2.75, 3.05) is 26.7 Å². The number of aromatic nitrogens is 1. The van der Waals surface area contributed by atoms with Crippen LogP contribution in [0.25, 0.3) is 0 Å². The molecule has 2 amide bonds. The van der Waals surface area contributed by atoms with Gasteiger partial charge in [0.2, 0.25) is 17.7 Å². The lowest BCUT2D eigenvalue weighted by molar-refractivity contribution is -0.166. The summed E-state index contributed by atoms with van der Waals surface area (Å²) >= 11 is 0. The van der Waals surface area contributed by atoms with Gasteiger partial charge in [-0.2, -0.15) is 0 Å². The fourth-order valence-corrected chi connectivity index (χ4v) is 5.92. The number of amides is 2. The molecule has 3 fully saturated rings. The number of aliphatic hydroxyl groups is 1. The highest BCUT2D eigenvalue weighted by atomic mass is 35.5. The van der Waals surface area contributed by atoms with E-state index in [1.807, 2.05) is 23.2 Å². The minimum atomic E-state index is -0.818. The maximum Gasteiger partial charge on any atom is 0.248 e. The van der Waals surface area contributed by atoms with Crippen molar-refractivity contribution < 1.29 is 19.4 Å². The van der Waals surface area contributed by atoms with Crippen LogP contribution >= 0.6 is 24.8 Å². The number of carbonyl (C=O) groups excluding carboxylic acids is 2. The molecule has 10 heteroatoms. The van der Waals surface area contributed by atoms with E-state index in [0.29, 0.717) is 25.3 Å². The van der Waals surface area contributed by atoms with Gasteiger partial charge in [0.05, 0.1) is 13.2 Å². The summed E-state index contributed by atoms with van der Waals surface area (Å²) in [5.41, 5.74) is 0.281. The number of hydrogen-bond donors (Lipinski definition) is 2. The van der Waals surface area contributed by atoms with Gasteiger partial charge in [0.25, 0.3) is 0 Å². The summed E-state index contributed by atoms with van der Waals surface area (Å²) in [4.78, 5) is 35.7. The van der Waals surface area contributed by atoms with Crippen molar-refractivity contribution in [2.24, 2.45) is 5.92 Å². The van der Waals surface area contributed by atoms with Crippen molar-refractivity contribution in [1.29, 1.82) is 0 Å². The second-order valence-electron chi connectivity index (χ2n) is 10.2. The molecule has 2 atom stereocenters. The number of aliphatic hydroxyl groups excluding tert-OH is 1. The number of nitrogens with zero attached hydrogens (tertiary/aromatic N) is 3. The van der Waals surface area contributed by atoms with Gasteiger partial charge in [-0.1, -0.05) is 38.7 Å². The van der Waals surface area contributed by atoms with E-state index < -0.39 is 17.7 Å². The summed E-state index contributed by atoms with van der Waals surface area (Å²) in [5.74, 6) is 0.494. The molecule has 2 aliphatic heterocycles. The number of piperidine rings is 1. The Balaban J connectivity index is 0.00000228. The lowest BCUT2D eigenvalue weighted by Gasteiger charge is -2.52. The van der Waals surface area contributed by atoms with Crippen LogP contribution in [0.3, 0.4) is 0 Å². The maximum atomic E-state index is 13.7. The van der Waals surface area contributed by atoms with Gasteiger partial charge < -0.3 is 20.1 Å². The molecule has 1 spiro atoms. The smallest absolute Gasteiger partial charge is 0.248 e. The number of likely N-dealkylation sites (tertiary alicyclic amines) is 1. The van der Waals surface area contributed by atoms with Crippen molar-refractivity contribution in [3.8, 4) is 5.88 Å². The summed E-state index contributed by atoms with van der Waals surface area (Å²) in [5, 5.41) is 14.1. The van der Waals surface area contributed by atoms with Gasteiger partial charge >= 0.3 is 0 Å². The van der Waals surface area contributed by atoms with Gasteiger partial charge in [-0.3, -0.25) is 14.5 Å². The van der Waals surface area contributed by atoms with E-state index in [4.69, 9.17) is 4.74 Å². The van der Waals surface area contributed by atoms with Gasteiger partial charge in [-0.15, -0.1) is 24.8 Å². The quantitative estimate of drug-likeness (QED) is 0.521. The number of pyridine rings is 1. The molecule has 0 radical (unpaired) electrons. The molecular weight excluding hydrogens is 503 g/mol. The first kappa shape index (κ1) is 30.6. The van der Waals surface area contributed by atoms with E-state index in [9.17, 15) is 14.7 Å². The molecule has 36 heavy (non-hydrogen) atoms. The van der Waals surface area contributed by atoms with Crippen LogP contribution in [0.5, 0.6) is 5.88 Å². The highest BCUT2D eigenvalue weighted by Gasteiger charge is 2.55. The highest BCUT2D eigenvalue weighted by molar-refractivity contribution is 6.00.